The quantitative estimate of drug-likeness (QED) is 0.896. The molecule has 3 nitrogen and oxygen atoms in total. The van der Waals surface area contributed by atoms with Crippen molar-refractivity contribution in [2.24, 2.45) is 0 Å². The molecule has 2 N–H and O–H groups in total. The summed E-state index contributed by atoms with van der Waals surface area (Å²) in [5.41, 5.74) is 2.19. The second-order valence-corrected chi connectivity index (χ2v) is 5.06. The molecular formula is C14H17F3N2O. The lowest BCUT2D eigenvalue weighted by Crippen LogP contribution is -2.36. The monoisotopic (exact) mass is 286 g/mol. The third-order valence-corrected chi connectivity index (χ3v) is 3.24. The highest BCUT2D eigenvalue weighted by Crippen LogP contribution is 2.26. The molecule has 1 unspecified atom stereocenters. The molecule has 0 spiro atoms. The summed E-state index contributed by atoms with van der Waals surface area (Å²) in [6.07, 6.45) is -3.44. The smallest absolute Gasteiger partial charge is 0.384 e. The number of carbonyl (C=O) groups is 1. The van der Waals surface area contributed by atoms with Crippen LogP contribution in [-0.4, -0.2) is 24.7 Å². The zero-order valence-corrected chi connectivity index (χ0v) is 11.2. The number of para-hydroxylation sites is 1. The molecule has 1 aromatic carbocycles. The lowest BCUT2D eigenvalue weighted by molar-refractivity contribution is -0.138. The number of hydrogen-bond donors (Lipinski definition) is 2. The zero-order valence-electron chi connectivity index (χ0n) is 11.2. The Morgan fingerprint density at radius 1 is 1.45 bits per heavy atom. The van der Waals surface area contributed by atoms with Gasteiger partial charge >= 0.3 is 6.18 Å². The van der Waals surface area contributed by atoms with Crippen LogP contribution < -0.4 is 10.6 Å². The van der Waals surface area contributed by atoms with Crippen molar-refractivity contribution in [2.45, 2.75) is 38.4 Å². The van der Waals surface area contributed by atoms with Gasteiger partial charge in [0, 0.05) is 12.6 Å². The van der Waals surface area contributed by atoms with Crippen LogP contribution in [0.1, 0.15) is 35.7 Å². The van der Waals surface area contributed by atoms with Crippen molar-refractivity contribution in [3.8, 4) is 0 Å². The van der Waals surface area contributed by atoms with Crippen LogP contribution >= 0.6 is 0 Å². The second kappa shape index (κ2) is 5.73. The van der Waals surface area contributed by atoms with Crippen LogP contribution in [0, 0.1) is 0 Å². The van der Waals surface area contributed by atoms with Crippen molar-refractivity contribution in [3.05, 3.63) is 29.3 Å². The van der Waals surface area contributed by atoms with E-state index in [-0.39, 0.29) is 0 Å². The molecule has 0 bridgehead atoms. The van der Waals surface area contributed by atoms with E-state index in [1.165, 1.54) is 6.92 Å². The lowest BCUT2D eigenvalue weighted by atomic mass is 9.99. The van der Waals surface area contributed by atoms with Gasteiger partial charge in [0.05, 0.1) is 17.7 Å². The fourth-order valence-corrected chi connectivity index (χ4v) is 2.40. The van der Waals surface area contributed by atoms with Crippen LogP contribution in [0.25, 0.3) is 0 Å². The van der Waals surface area contributed by atoms with E-state index >= 15 is 0 Å². The highest BCUT2D eigenvalue weighted by Gasteiger charge is 2.31. The molecule has 20 heavy (non-hydrogen) atoms. The Bertz CT molecular complexity index is 500. The number of nitrogens with one attached hydrogen (secondary N) is 2. The van der Waals surface area contributed by atoms with Gasteiger partial charge in [0.25, 0.3) is 5.91 Å². The summed E-state index contributed by atoms with van der Waals surface area (Å²) < 4.78 is 36.8. The Labute approximate surface area is 115 Å². The molecule has 0 aliphatic carbocycles. The van der Waals surface area contributed by atoms with Gasteiger partial charge in [-0.3, -0.25) is 4.79 Å². The van der Waals surface area contributed by atoms with Gasteiger partial charge in [-0.2, -0.15) is 13.2 Å². The number of anilines is 1. The van der Waals surface area contributed by atoms with E-state index < -0.39 is 24.5 Å². The zero-order chi connectivity index (χ0) is 14.8. The first-order chi connectivity index (χ1) is 9.37. The number of alkyl halides is 3. The number of rotatable bonds is 3. The highest BCUT2D eigenvalue weighted by atomic mass is 19.4. The normalized spacial score (nSPS) is 16.0. The van der Waals surface area contributed by atoms with Gasteiger partial charge in [0.1, 0.15) is 0 Å². The van der Waals surface area contributed by atoms with Crippen LogP contribution in [0.5, 0.6) is 0 Å². The molecule has 0 saturated carbocycles. The Hall–Kier alpha value is -1.72. The molecule has 0 radical (unpaired) electrons. The predicted octanol–water partition coefficient (Wildman–Crippen LogP) is 3.12. The van der Waals surface area contributed by atoms with Crippen LogP contribution in [0.15, 0.2) is 18.2 Å². The molecule has 1 aliphatic rings. The molecule has 2 rings (SSSR count). The average molecular weight is 286 g/mol. The van der Waals surface area contributed by atoms with Gasteiger partial charge in [-0.25, -0.2) is 0 Å². The van der Waals surface area contributed by atoms with E-state index in [9.17, 15) is 18.0 Å². The Balaban J connectivity index is 2.10. The molecule has 1 heterocycles. The summed E-state index contributed by atoms with van der Waals surface area (Å²) in [5.74, 6) is -0.465. The Morgan fingerprint density at radius 3 is 2.90 bits per heavy atom. The van der Waals surface area contributed by atoms with Gasteiger partial charge in [-0.15, -0.1) is 0 Å². The highest BCUT2D eigenvalue weighted by molar-refractivity contribution is 6.00. The van der Waals surface area contributed by atoms with E-state index in [2.05, 4.69) is 10.6 Å². The summed E-state index contributed by atoms with van der Waals surface area (Å²) in [6.45, 7) is 2.13. The van der Waals surface area contributed by atoms with Crippen molar-refractivity contribution in [1.82, 2.24) is 5.32 Å². The van der Waals surface area contributed by atoms with Crippen LogP contribution in [-0.2, 0) is 6.42 Å². The number of hydrogen-bond acceptors (Lipinski definition) is 2. The summed E-state index contributed by atoms with van der Waals surface area (Å²) in [4.78, 5) is 12.1. The second-order valence-electron chi connectivity index (χ2n) is 5.06. The standard InChI is InChI=1S/C14H17F3N2O/c1-9(8-14(15,16)17)19-13(20)11-6-2-4-10-5-3-7-18-12(10)11/h2,4,6,9,18H,3,5,7-8H2,1H3,(H,19,20). The number of amides is 1. The third-order valence-electron chi connectivity index (χ3n) is 3.24. The van der Waals surface area contributed by atoms with Gasteiger partial charge in [-0.1, -0.05) is 12.1 Å². The van der Waals surface area contributed by atoms with Gasteiger partial charge < -0.3 is 10.6 Å². The van der Waals surface area contributed by atoms with Crippen molar-refractivity contribution in [2.75, 3.05) is 11.9 Å². The molecule has 1 amide bonds. The molecule has 0 aromatic heterocycles. The first-order valence-corrected chi connectivity index (χ1v) is 6.60. The maximum Gasteiger partial charge on any atom is 0.391 e. The van der Waals surface area contributed by atoms with Crippen molar-refractivity contribution >= 4 is 11.6 Å². The molecule has 0 saturated heterocycles. The number of halogens is 3. The number of carbonyl (C=O) groups excluding carboxylic acids is 1. The van der Waals surface area contributed by atoms with E-state index in [1.54, 1.807) is 12.1 Å². The molecule has 1 atom stereocenters. The average Bonchev–Trinajstić information content (AvgIpc) is 2.35. The SMILES string of the molecule is CC(CC(F)(F)F)NC(=O)c1cccc2c1NCCC2. The number of benzene rings is 1. The summed E-state index contributed by atoms with van der Waals surface area (Å²) >= 11 is 0. The van der Waals surface area contributed by atoms with Crippen LogP contribution in [0.4, 0.5) is 18.9 Å². The fourth-order valence-electron chi connectivity index (χ4n) is 2.40. The van der Waals surface area contributed by atoms with E-state index in [4.69, 9.17) is 0 Å². The van der Waals surface area contributed by atoms with Crippen LogP contribution in [0.2, 0.25) is 0 Å². The Kier molecular flexibility index (Phi) is 4.20. The number of aryl methyl sites for hydroxylation is 1. The number of fused-ring (bicyclic) bond motifs is 1. The molecule has 1 aliphatic heterocycles. The summed E-state index contributed by atoms with van der Waals surface area (Å²) in [5, 5.41) is 5.55. The minimum Gasteiger partial charge on any atom is -0.384 e. The molecule has 0 fully saturated rings. The third kappa shape index (κ3) is 3.65. The van der Waals surface area contributed by atoms with E-state index in [1.807, 2.05) is 6.07 Å². The van der Waals surface area contributed by atoms with Gasteiger partial charge in [-0.05, 0) is 31.4 Å². The van der Waals surface area contributed by atoms with Crippen molar-refractivity contribution in [1.29, 1.82) is 0 Å². The van der Waals surface area contributed by atoms with Crippen molar-refractivity contribution in [3.63, 3.8) is 0 Å². The maximum atomic E-state index is 12.3. The molecule has 1 aromatic rings. The summed E-state index contributed by atoms with van der Waals surface area (Å²) in [6, 6.07) is 4.38. The van der Waals surface area contributed by atoms with Gasteiger partial charge in [0.15, 0.2) is 0 Å². The Morgan fingerprint density at radius 2 is 2.20 bits per heavy atom. The van der Waals surface area contributed by atoms with E-state index in [0.29, 0.717) is 5.56 Å². The van der Waals surface area contributed by atoms with E-state index in [0.717, 1.165) is 30.6 Å². The largest absolute Gasteiger partial charge is 0.391 e. The first kappa shape index (κ1) is 14.7. The lowest BCUT2D eigenvalue weighted by Gasteiger charge is -2.22. The molecule has 6 heteroatoms. The van der Waals surface area contributed by atoms with Crippen LogP contribution in [0.3, 0.4) is 0 Å². The summed E-state index contributed by atoms with van der Waals surface area (Å²) in [7, 11) is 0. The maximum absolute atomic E-state index is 12.3. The van der Waals surface area contributed by atoms with Gasteiger partial charge in [0.2, 0.25) is 0 Å². The fraction of sp³-hybridized carbons (Fsp3) is 0.500. The molecule has 110 valence electrons. The predicted molar refractivity (Wildman–Crippen MR) is 70.9 cm³/mol. The minimum atomic E-state index is -4.28. The topological polar surface area (TPSA) is 41.1 Å². The first-order valence-electron chi connectivity index (χ1n) is 6.60. The minimum absolute atomic E-state index is 0.413. The van der Waals surface area contributed by atoms with Crippen molar-refractivity contribution < 1.29 is 18.0 Å². The molecular weight excluding hydrogens is 269 g/mol.